The number of piperidine rings is 1. The highest BCUT2D eigenvalue weighted by Gasteiger charge is 2.33. The predicted molar refractivity (Wildman–Crippen MR) is 105 cm³/mol. The van der Waals surface area contributed by atoms with Crippen LogP contribution in [0, 0.1) is 5.92 Å². The maximum Gasteiger partial charge on any atom is 0.270 e. The van der Waals surface area contributed by atoms with Crippen molar-refractivity contribution in [3.05, 3.63) is 18.0 Å². The number of sulfonamides is 1. The molecule has 0 aliphatic carbocycles. The minimum absolute atomic E-state index is 0.0819. The second-order valence-electron chi connectivity index (χ2n) is 7.93. The number of aryl methyl sites for hydroxylation is 1. The largest absolute Gasteiger partial charge is 0.345 e. The van der Waals surface area contributed by atoms with Crippen molar-refractivity contribution in [1.29, 1.82) is 0 Å². The lowest BCUT2D eigenvalue weighted by atomic mass is 10.0. The normalized spacial score (nSPS) is 24.3. The molecule has 1 aromatic heterocycles. The van der Waals surface area contributed by atoms with Crippen molar-refractivity contribution in [3.63, 3.8) is 0 Å². The molecule has 1 N–H and O–H groups in total. The van der Waals surface area contributed by atoms with E-state index in [-0.39, 0.29) is 16.8 Å². The van der Waals surface area contributed by atoms with Crippen molar-refractivity contribution >= 4 is 15.9 Å². The minimum Gasteiger partial charge on any atom is -0.345 e. The van der Waals surface area contributed by atoms with Crippen molar-refractivity contribution in [1.82, 2.24) is 19.1 Å². The molecule has 2 unspecified atom stereocenters. The van der Waals surface area contributed by atoms with Crippen LogP contribution in [0.1, 0.15) is 50.0 Å². The number of aromatic nitrogens is 1. The maximum absolute atomic E-state index is 13.2. The highest BCUT2D eigenvalue weighted by Crippen LogP contribution is 2.25. The van der Waals surface area contributed by atoms with Gasteiger partial charge in [-0.3, -0.25) is 4.79 Å². The molecule has 2 aliphatic heterocycles. The summed E-state index contributed by atoms with van der Waals surface area (Å²) in [5.74, 6) is 0.287. The van der Waals surface area contributed by atoms with Crippen molar-refractivity contribution in [2.24, 2.45) is 13.0 Å². The number of hydrogen-bond acceptors (Lipinski definition) is 4. The van der Waals surface area contributed by atoms with Crippen molar-refractivity contribution in [2.45, 2.75) is 50.5 Å². The summed E-state index contributed by atoms with van der Waals surface area (Å²) in [5, 5.41) is 3.31. The molecule has 1 aromatic rings. The molecule has 152 valence electrons. The highest BCUT2D eigenvalue weighted by atomic mass is 32.2. The Hall–Kier alpha value is -1.38. The summed E-state index contributed by atoms with van der Waals surface area (Å²) in [5.41, 5.74) is 0.444. The van der Waals surface area contributed by atoms with Gasteiger partial charge in [0.25, 0.3) is 5.91 Å². The van der Waals surface area contributed by atoms with Crippen LogP contribution in [0.25, 0.3) is 0 Å². The Morgan fingerprint density at radius 3 is 2.78 bits per heavy atom. The summed E-state index contributed by atoms with van der Waals surface area (Å²) in [4.78, 5) is 15.3. The fourth-order valence-corrected chi connectivity index (χ4v) is 5.82. The Kier molecular flexibility index (Phi) is 6.28. The van der Waals surface area contributed by atoms with E-state index in [9.17, 15) is 13.2 Å². The lowest BCUT2D eigenvalue weighted by Crippen LogP contribution is -2.42. The molecule has 1 amide bonds. The number of carbonyl (C=O) groups is 1. The first kappa shape index (κ1) is 20.4. The van der Waals surface area contributed by atoms with Gasteiger partial charge < -0.3 is 14.8 Å². The van der Waals surface area contributed by atoms with E-state index < -0.39 is 10.0 Å². The van der Waals surface area contributed by atoms with Gasteiger partial charge in [-0.25, -0.2) is 8.42 Å². The van der Waals surface area contributed by atoms with Gasteiger partial charge in [0, 0.05) is 45.5 Å². The van der Waals surface area contributed by atoms with E-state index in [2.05, 4.69) is 19.2 Å². The molecule has 3 heterocycles. The molecule has 2 saturated heterocycles. The molecule has 7 nitrogen and oxygen atoms in total. The second kappa shape index (κ2) is 8.32. The van der Waals surface area contributed by atoms with Crippen LogP contribution in [0.4, 0.5) is 0 Å². The molecule has 3 rings (SSSR count). The third kappa shape index (κ3) is 4.22. The SMILES string of the molecule is CCCN(C(=O)c1cc(S(=O)(=O)N2CCCC(C)C2)cn1C)C1CCNC1. The van der Waals surface area contributed by atoms with E-state index in [0.29, 0.717) is 31.2 Å². The number of carbonyl (C=O) groups excluding carboxylic acids is 1. The molecule has 8 heteroatoms. The molecule has 27 heavy (non-hydrogen) atoms. The maximum atomic E-state index is 13.2. The fourth-order valence-electron chi connectivity index (χ4n) is 4.15. The third-order valence-corrected chi connectivity index (χ3v) is 7.49. The van der Waals surface area contributed by atoms with Crippen molar-refractivity contribution in [3.8, 4) is 0 Å². The Morgan fingerprint density at radius 2 is 2.15 bits per heavy atom. The summed E-state index contributed by atoms with van der Waals surface area (Å²) in [6.45, 7) is 7.64. The Labute approximate surface area is 162 Å². The van der Waals surface area contributed by atoms with Crippen LogP contribution >= 0.6 is 0 Å². The summed E-state index contributed by atoms with van der Waals surface area (Å²) < 4.78 is 29.3. The predicted octanol–water partition coefficient (Wildman–Crippen LogP) is 1.66. The number of rotatable bonds is 6. The van der Waals surface area contributed by atoms with Crippen LogP contribution in [0.3, 0.4) is 0 Å². The fraction of sp³-hybridized carbons (Fsp3) is 0.737. The van der Waals surface area contributed by atoms with E-state index in [4.69, 9.17) is 0 Å². The highest BCUT2D eigenvalue weighted by molar-refractivity contribution is 7.89. The van der Waals surface area contributed by atoms with Gasteiger partial charge in [-0.2, -0.15) is 4.31 Å². The third-order valence-electron chi connectivity index (χ3n) is 5.66. The van der Waals surface area contributed by atoms with Crippen LogP contribution < -0.4 is 5.32 Å². The lowest BCUT2D eigenvalue weighted by Gasteiger charge is -2.29. The van der Waals surface area contributed by atoms with Crippen molar-refractivity contribution in [2.75, 3.05) is 32.7 Å². The van der Waals surface area contributed by atoms with E-state index in [0.717, 1.165) is 38.8 Å². The molecule has 0 radical (unpaired) electrons. The molecule has 0 spiro atoms. The van der Waals surface area contributed by atoms with Gasteiger partial charge in [0.15, 0.2) is 0 Å². The smallest absolute Gasteiger partial charge is 0.270 e. The topological polar surface area (TPSA) is 74.7 Å². The number of hydrogen-bond donors (Lipinski definition) is 1. The number of nitrogens with zero attached hydrogens (tertiary/aromatic N) is 3. The molecule has 2 fully saturated rings. The molecule has 0 saturated carbocycles. The van der Waals surface area contributed by atoms with Gasteiger partial charge in [-0.05, 0) is 44.2 Å². The zero-order valence-electron chi connectivity index (χ0n) is 16.6. The first-order valence-corrected chi connectivity index (χ1v) is 11.5. The van der Waals surface area contributed by atoms with Crippen LogP contribution in [0.15, 0.2) is 17.2 Å². The van der Waals surface area contributed by atoms with Gasteiger partial charge in [0.2, 0.25) is 10.0 Å². The molecular weight excluding hydrogens is 364 g/mol. The Morgan fingerprint density at radius 1 is 1.37 bits per heavy atom. The van der Waals surface area contributed by atoms with Crippen LogP contribution in [-0.2, 0) is 17.1 Å². The summed E-state index contributed by atoms with van der Waals surface area (Å²) in [6.07, 6.45) is 5.35. The summed E-state index contributed by atoms with van der Waals surface area (Å²) >= 11 is 0. The minimum atomic E-state index is -3.56. The summed E-state index contributed by atoms with van der Waals surface area (Å²) in [7, 11) is -1.81. The molecule has 2 aliphatic rings. The molecule has 0 aromatic carbocycles. The van der Waals surface area contributed by atoms with Gasteiger partial charge in [-0.15, -0.1) is 0 Å². The molecule has 2 atom stereocenters. The van der Waals surface area contributed by atoms with E-state index in [1.807, 2.05) is 4.90 Å². The van der Waals surface area contributed by atoms with Gasteiger partial charge in [0.1, 0.15) is 10.6 Å². The quantitative estimate of drug-likeness (QED) is 0.794. The first-order valence-electron chi connectivity index (χ1n) is 10.0. The zero-order valence-corrected chi connectivity index (χ0v) is 17.5. The zero-order chi connectivity index (χ0) is 19.6. The van der Waals surface area contributed by atoms with Gasteiger partial charge in [-0.1, -0.05) is 13.8 Å². The van der Waals surface area contributed by atoms with E-state index in [1.165, 1.54) is 0 Å². The Balaban J connectivity index is 1.85. The van der Waals surface area contributed by atoms with E-state index >= 15 is 0 Å². The molecular formula is C19H32N4O3S. The van der Waals surface area contributed by atoms with Crippen LogP contribution in [-0.4, -0.2) is 66.9 Å². The Bertz CT molecular complexity index is 768. The van der Waals surface area contributed by atoms with Gasteiger partial charge in [0.05, 0.1) is 0 Å². The van der Waals surface area contributed by atoms with Gasteiger partial charge >= 0.3 is 0 Å². The summed E-state index contributed by atoms with van der Waals surface area (Å²) in [6, 6.07) is 1.73. The number of amides is 1. The lowest BCUT2D eigenvalue weighted by molar-refractivity contribution is 0.0682. The van der Waals surface area contributed by atoms with Crippen molar-refractivity contribution < 1.29 is 13.2 Å². The average Bonchev–Trinajstić information content (AvgIpc) is 3.29. The van der Waals surface area contributed by atoms with Crippen LogP contribution in [0.2, 0.25) is 0 Å². The van der Waals surface area contributed by atoms with Crippen LogP contribution in [0.5, 0.6) is 0 Å². The molecule has 0 bridgehead atoms. The first-order chi connectivity index (χ1) is 12.8. The van der Waals surface area contributed by atoms with E-state index in [1.54, 1.807) is 28.2 Å². The standard InChI is InChI=1S/C19H32N4O3S/c1-4-9-23(16-7-8-20-12-16)19(24)18-11-17(14-21(18)3)27(25,26)22-10-5-6-15(2)13-22/h11,14-16,20H,4-10,12-13H2,1-3H3. The average molecular weight is 397 g/mol. The number of nitrogens with one attached hydrogen (secondary N) is 1. The second-order valence-corrected chi connectivity index (χ2v) is 9.87. The monoisotopic (exact) mass is 396 g/mol.